The predicted molar refractivity (Wildman–Crippen MR) is 173 cm³/mol. The molecule has 8 unspecified atom stereocenters. The monoisotopic (exact) mass is 710 g/mol. The van der Waals surface area contributed by atoms with Crippen LogP contribution in [0.25, 0.3) is 0 Å². The summed E-state index contributed by atoms with van der Waals surface area (Å²) in [6.45, 7) is 0. The molecule has 2 aromatic rings. The summed E-state index contributed by atoms with van der Waals surface area (Å²) in [7, 11) is 9.66. The summed E-state index contributed by atoms with van der Waals surface area (Å²) in [6, 6.07) is 16.6. The summed E-state index contributed by atoms with van der Waals surface area (Å²) in [4.78, 5) is 24.3. The third-order valence-electron chi connectivity index (χ3n) is 7.75. The number of rotatable bonds is 14. The minimum Gasteiger partial charge on any atom is -0.453 e. The highest BCUT2D eigenvalue weighted by molar-refractivity contribution is 7.53. The average molecular weight is 710 g/mol. The van der Waals surface area contributed by atoms with Crippen molar-refractivity contribution in [3.05, 3.63) is 71.8 Å². The van der Waals surface area contributed by atoms with E-state index in [1.54, 1.807) is 60.7 Å². The smallest absolute Gasteiger partial charge is 0.355 e. The maximum atomic E-state index is 14.3. The van der Waals surface area contributed by atoms with Gasteiger partial charge in [-0.3, -0.25) is 9.13 Å². The van der Waals surface area contributed by atoms with Crippen molar-refractivity contribution < 1.29 is 65.3 Å². The molecule has 0 aromatic heterocycles. The first-order chi connectivity index (χ1) is 22.8. The van der Waals surface area contributed by atoms with Crippen LogP contribution >= 0.6 is 15.2 Å². The van der Waals surface area contributed by atoms with Crippen LogP contribution in [0.5, 0.6) is 0 Å². The molecular weight excluding hydrogens is 671 g/mol. The largest absolute Gasteiger partial charge is 0.453 e. The molecule has 1 N–H and O–H groups in total. The van der Waals surface area contributed by atoms with Crippen LogP contribution in [0.2, 0.25) is 11.6 Å². The normalized spacial score (nSPS) is 27.1. The van der Waals surface area contributed by atoms with Gasteiger partial charge in [-0.2, -0.15) is 0 Å². The molecule has 2 aliphatic rings. The fourth-order valence-corrected chi connectivity index (χ4v) is 6.33. The maximum Gasteiger partial charge on any atom is 0.355 e. The number of benzene rings is 2. The van der Waals surface area contributed by atoms with Gasteiger partial charge in [0.25, 0.3) is 0 Å². The Hall–Kier alpha value is -2.38. The molecule has 0 spiro atoms. The molecule has 2 aliphatic carbocycles. The summed E-state index contributed by atoms with van der Waals surface area (Å²) in [5.41, 5.74) is 0.645. The topological polar surface area (TPSA) is 162 Å². The second kappa shape index (κ2) is 18.6. The zero-order valence-electron chi connectivity index (χ0n) is 27.0. The molecule has 48 heavy (non-hydrogen) atoms. The van der Waals surface area contributed by atoms with Gasteiger partial charge in [-0.15, -0.1) is 0 Å². The molecule has 260 valence electrons. The highest BCUT2D eigenvalue weighted by atomic mass is 31.2. The third kappa shape index (κ3) is 10.8. The van der Waals surface area contributed by atoms with Crippen molar-refractivity contribution in [2.75, 3.05) is 41.1 Å². The van der Waals surface area contributed by atoms with Crippen molar-refractivity contribution >= 4 is 42.8 Å². The Kier molecular flexibility index (Phi) is 15.5. The Labute approximate surface area is 281 Å². The Bertz CT molecular complexity index is 1290. The molecule has 4 radical (unpaired) electrons. The summed E-state index contributed by atoms with van der Waals surface area (Å²) >= 11 is 0. The van der Waals surface area contributed by atoms with Crippen LogP contribution in [0.3, 0.4) is 0 Å². The predicted octanol–water partition coefficient (Wildman–Crippen LogP) is 4.50. The van der Waals surface area contributed by atoms with Gasteiger partial charge < -0.3 is 42.1 Å². The van der Waals surface area contributed by atoms with E-state index in [1.807, 2.05) is 0 Å². The van der Waals surface area contributed by atoms with Gasteiger partial charge in [-0.25, -0.2) is 14.0 Å². The van der Waals surface area contributed by atoms with Crippen LogP contribution in [-0.4, -0.2) is 111 Å². The van der Waals surface area contributed by atoms with E-state index >= 15 is 0 Å². The molecule has 2 saturated carbocycles. The Morgan fingerprint density at radius 2 is 1.08 bits per heavy atom. The number of aliphatic hydroxyl groups is 1. The van der Waals surface area contributed by atoms with Crippen LogP contribution in [0.15, 0.2) is 60.7 Å². The number of ether oxygens (including phenoxy) is 4. The number of aliphatic hydroxyl groups excluding tert-OH is 1. The molecule has 0 bridgehead atoms. The number of hydrogen-bond donors (Lipinski definition) is 1. The molecule has 2 aromatic carbocycles. The van der Waals surface area contributed by atoms with Crippen molar-refractivity contribution in [2.45, 2.75) is 61.2 Å². The zero-order chi connectivity index (χ0) is 35.5. The average Bonchev–Trinajstić information content (AvgIpc) is 3.54. The second-order valence-corrected chi connectivity index (χ2v) is 15.2. The Balaban J connectivity index is 0.000000260. The fraction of sp³-hybridized carbons (Fsp3) is 0.533. The van der Waals surface area contributed by atoms with E-state index in [1.165, 1.54) is 28.4 Å². The lowest BCUT2D eigenvalue weighted by Crippen LogP contribution is -2.36. The van der Waals surface area contributed by atoms with Crippen LogP contribution in [0.4, 0.5) is 4.39 Å². The summed E-state index contributed by atoms with van der Waals surface area (Å²) in [5.74, 6) is -2.72. The molecule has 2 fully saturated rings. The van der Waals surface area contributed by atoms with Crippen LogP contribution < -0.4 is 0 Å². The standard InChI is InChI=1S/C15H19BFO6P.C15H20BO7P/c2*1-20-24(19,21-2)9-22-12-8-11(16)13(17)14(12)23-15(18)10-6-4-3-5-7-10/h3-7,11-14H,8-9H2,1-2H3;3-7,11-14,17H,8-9H2,1-2H3. The summed E-state index contributed by atoms with van der Waals surface area (Å²) < 4.78 is 79.0. The van der Waals surface area contributed by atoms with Gasteiger partial charge in [0, 0.05) is 28.4 Å². The van der Waals surface area contributed by atoms with Gasteiger partial charge in [0.05, 0.1) is 45.1 Å². The van der Waals surface area contributed by atoms with E-state index in [-0.39, 0.29) is 25.5 Å². The SMILES string of the molecule is [B]C1CC(OCP(=O)(OC)OC)C(OC(=O)c2ccccc2)C1F.[B]C1CC(OCP(=O)(OC)OC)C(OC(=O)c2ccccc2)C1O. The second-order valence-electron chi connectivity index (χ2n) is 10.8. The van der Waals surface area contributed by atoms with E-state index in [0.29, 0.717) is 11.1 Å². The highest BCUT2D eigenvalue weighted by Crippen LogP contribution is 2.49. The number of halogens is 1. The number of hydrogen-bond acceptors (Lipinski definition) is 13. The van der Waals surface area contributed by atoms with Gasteiger partial charge in [0.15, 0.2) is 12.2 Å². The minimum absolute atomic E-state index is 0.126. The number of alkyl halides is 1. The Morgan fingerprint density at radius 3 is 1.50 bits per heavy atom. The van der Waals surface area contributed by atoms with Crippen molar-refractivity contribution in [1.29, 1.82) is 0 Å². The lowest BCUT2D eigenvalue weighted by molar-refractivity contribution is -0.0620. The molecule has 0 saturated heterocycles. The molecule has 13 nitrogen and oxygen atoms in total. The van der Waals surface area contributed by atoms with Crippen LogP contribution in [0.1, 0.15) is 33.6 Å². The van der Waals surface area contributed by atoms with Crippen molar-refractivity contribution in [2.24, 2.45) is 0 Å². The summed E-state index contributed by atoms with van der Waals surface area (Å²) in [5, 5.41) is 10.2. The van der Waals surface area contributed by atoms with Crippen molar-refractivity contribution in [3.8, 4) is 0 Å². The van der Waals surface area contributed by atoms with E-state index in [9.17, 15) is 28.2 Å². The molecule has 0 aliphatic heterocycles. The zero-order valence-corrected chi connectivity index (χ0v) is 28.8. The van der Waals surface area contributed by atoms with E-state index in [2.05, 4.69) is 0 Å². The first kappa shape index (κ1) is 40.1. The minimum atomic E-state index is -3.42. The van der Waals surface area contributed by atoms with Crippen molar-refractivity contribution in [1.82, 2.24) is 0 Å². The molecule has 4 rings (SSSR count). The highest BCUT2D eigenvalue weighted by Gasteiger charge is 2.46. The summed E-state index contributed by atoms with van der Waals surface area (Å²) in [6.07, 6.45) is -6.68. The number of carbonyl (C=O) groups is 2. The van der Waals surface area contributed by atoms with Crippen molar-refractivity contribution in [3.63, 3.8) is 0 Å². The maximum absolute atomic E-state index is 14.3. The van der Waals surface area contributed by atoms with E-state index in [0.717, 1.165) is 0 Å². The third-order valence-corrected chi connectivity index (χ3v) is 10.9. The van der Waals surface area contributed by atoms with E-state index < -0.39 is 75.5 Å². The number of esters is 2. The molecule has 18 heteroatoms. The molecule has 8 atom stereocenters. The van der Waals surface area contributed by atoms with Gasteiger partial charge in [-0.05, 0) is 48.7 Å². The first-order valence-electron chi connectivity index (χ1n) is 14.8. The molecule has 0 heterocycles. The molecule has 0 amide bonds. The van der Waals surface area contributed by atoms with Crippen LogP contribution in [0, 0.1) is 0 Å². The van der Waals surface area contributed by atoms with Gasteiger partial charge in [-0.1, -0.05) is 36.4 Å². The quantitative estimate of drug-likeness (QED) is 0.166. The van der Waals surface area contributed by atoms with Gasteiger partial charge >= 0.3 is 27.1 Å². The fourth-order valence-electron chi connectivity index (χ4n) is 4.86. The first-order valence-corrected chi connectivity index (χ1v) is 18.3. The lowest BCUT2D eigenvalue weighted by Gasteiger charge is -2.24. The van der Waals surface area contributed by atoms with E-state index in [4.69, 9.17) is 52.7 Å². The van der Waals surface area contributed by atoms with Crippen LogP contribution in [-0.2, 0) is 46.2 Å². The van der Waals surface area contributed by atoms with Gasteiger partial charge in [0.1, 0.15) is 18.9 Å². The lowest BCUT2D eigenvalue weighted by atomic mass is 9.84. The molecular formula is C30H39B2FO13P2. The number of carbonyl (C=O) groups excluding carboxylic acids is 2. The Morgan fingerprint density at radius 1 is 0.708 bits per heavy atom. The van der Waals surface area contributed by atoms with Gasteiger partial charge in [0.2, 0.25) is 0 Å².